The molecule has 0 bridgehead atoms. The van der Waals surface area contributed by atoms with E-state index in [0.29, 0.717) is 0 Å². The Morgan fingerprint density at radius 2 is 2.67 bits per heavy atom. The zero-order valence-corrected chi connectivity index (χ0v) is 4.42. The van der Waals surface area contributed by atoms with Gasteiger partial charge in [0.05, 0.1) is 0 Å². The van der Waals surface area contributed by atoms with Gasteiger partial charge in [-0.15, -0.1) is 11.8 Å². The Labute approximate surface area is 42.5 Å². The molecule has 1 aliphatic rings. The lowest BCUT2D eigenvalue weighted by Crippen LogP contribution is -2.17. The summed E-state index contributed by atoms with van der Waals surface area (Å²) in [6.07, 6.45) is 1.23. The van der Waals surface area contributed by atoms with E-state index in [1.54, 1.807) is 0 Å². The Balaban J connectivity index is 2.00. The molecule has 1 rings (SSSR count). The van der Waals surface area contributed by atoms with Gasteiger partial charge in [0.15, 0.2) is 0 Å². The summed E-state index contributed by atoms with van der Waals surface area (Å²) in [5.74, 6) is 3.36. The van der Waals surface area contributed by atoms with Crippen LogP contribution < -0.4 is 5.32 Å². The zero-order chi connectivity index (χ0) is 4.24. The lowest BCUT2D eigenvalue weighted by atomic mass is 10.5. The maximum absolute atomic E-state index is 3.22. The number of nitrogens with one attached hydrogen (secondary N) is 1. The molecule has 1 N–H and O–H groups in total. The number of hydrogen-bond acceptors (Lipinski definition) is 2. The first-order valence-corrected chi connectivity index (χ1v) is 3.19. The van der Waals surface area contributed by atoms with Crippen LogP contribution in [0.3, 0.4) is 0 Å². The number of hydrogen-bond donors (Lipinski definition) is 1. The van der Waals surface area contributed by atoms with Crippen LogP contribution in [0.25, 0.3) is 0 Å². The summed E-state index contributed by atoms with van der Waals surface area (Å²) in [5, 5.41) is 3.22. The molecule has 0 aromatic rings. The first kappa shape index (κ1) is 4.47. The van der Waals surface area contributed by atoms with Crippen LogP contribution in [-0.4, -0.2) is 12.4 Å². The maximum Gasteiger partial charge on any atom is 0.0421 e. The predicted octanol–water partition coefficient (Wildman–Crippen LogP) is 0.832. The van der Waals surface area contributed by atoms with Crippen molar-refractivity contribution in [2.24, 2.45) is 0 Å². The first-order chi connectivity index (χ1) is 3.00. The van der Waals surface area contributed by atoms with Crippen molar-refractivity contribution < 1.29 is 0 Å². The Morgan fingerprint density at radius 3 is 2.83 bits per heavy atom. The molecule has 0 amide bonds. The molecule has 2 heteroatoms. The standard InChI is InChI=1S/C4H8NS/c1-2-5-4-6-3-1/h3,5H,1-2,4H2. The van der Waals surface area contributed by atoms with Crippen molar-refractivity contribution in [3.63, 3.8) is 0 Å². The number of rotatable bonds is 0. The lowest BCUT2D eigenvalue weighted by molar-refractivity contribution is 0.766. The molecule has 1 fully saturated rings. The van der Waals surface area contributed by atoms with E-state index in [9.17, 15) is 0 Å². The van der Waals surface area contributed by atoms with E-state index >= 15 is 0 Å². The van der Waals surface area contributed by atoms with E-state index in [4.69, 9.17) is 0 Å². The van der Waals surface area contributed by atoms with Gasteiger partial charge >= 0.3 is 0 Å². The average Bonchev–Trinajstić information content (AvgIpc) is 1.72. The van der Waals surface area contributed by atoms with Gasteiger partial charge in [0.25, 0.3) is 0 Å². The van der Waals surface area contributed by atoms with E-state index in [0.717, 1.165) is 5.88 Å². The molecular weight excluding hydrogens is 94.1 g/mol. The minimum Gasteiger partial charge on any atom is -0.308 e. The topological polar surface area (TPSA) is 12.0 Å². The highest BCUT2D eigenvalue weighted by Crippen LogP contribution is 2.09. The molecule has 1 aliphatic heterocycles. The summed E-state index contributed by atoms with van der Waals surface area (Å²) in [5.41, 5.74) is 0. The summed E-state index contributed by atoms with van der Waals surface area (Å²) in [4.78, 5) is 0. The van der Waals surface area contributed by atoms with E-state index in [2.05, 4.69) is 11.1 Å². The summed E-state index contributed by atoms with van der Waals surface area (Å²) in [6, 6.07) is 0. The first-order valence-electron chi connectivity index (χ1n) is 2.14. The Bertz CT molecular complexity index is 23.0. The van der Waals surface area contributed by atoms with Crippen molar-refractivity contribution in [3.8, 4) is 0 Å². The van der Waals surface area contributed by atoms with Crippen molar-refractivity contribution in [2.45, 2.75) is 6.42 Å². The predicted molar refractivity (Wildman–Crippen MR) is 29.4 cm³/mol. The van der Waals surface area contributed by atoms with Gasteiger partial charge in [0.1, 0.15) is 0 Å². The highest BCUT2D eigenvalue weighted by atomic mass is 32.2. The van der Waals surface area contributed by atoms with Crippen LogP contribution in [0.2, 0.25) is 0 Å². The summed E-state index contributed by atoms with van der Waals surface area (Å²) < 4.78 is 0. The number of thioether (sulfide) groups is 1. The summed E-state index contributed by atoms with van der Waals surface area (Å²) in [6.45, 7) is 1.17. The van der Waals surface area contributed by atoms with Gasteiger partial charge in [-0.25, -0.2) is 0 Å². The van der Waals surface area contributed by atoms with Crippen LogP contribution in [0, 0.1) is 5.75 Å². The SMILES string of the molecule is [CH]1CCNCS1. The second kappa shape index (κ2) is 2.48. The molecule has 0 spiro atoms. The monoisotopic (exact) mass is 102 g/mol. The zero-order valence-electron chi connectivity index (χ0n) is 3.61. The molecule has 0 saturated carbocycles. The van der Waals surface area contributed by atoms with Gasteiger partial charge in [-0.2, -0.15) is 0 Å². The van der Waals surface area contributed by atoms with Crippen molar-refractivity contribution >= 4 is 11.8 Å². The van der Waals surface area contributed by atoms with Gasteiger partial charge in [-0.1, -0.05) is 0 Å². The van der Waals surface area contributed by atoms with Gasteiger partial charge < -0.3 is 5.32 Å². The molecule has 1 nitrogen and oxygen atoms in total. The third-order valence-electron chi connectivity index (χ3n) is 0.742. The van der Waals surface area contributed by atoms with Crippen molar-refractivity contribution in [1.29, 1.82) is 0 Å². The second-order valence-corrected chi connectivity index (χ2v) is 2.22. The van der Waals surface area contributed by atoms with Crippen LogP contribution >= 0.6 is 11.8 Å². The van der Waals surface area contributed by atoms with Crippen molar-refractivity contribution in [3.05, 3.63) is 5.75 Å². The maximum atomic E-state index is 3.22. The second-order valence-electron chi connectivity index (χ2n) is 1.27. The smallest absolute Gasteiger partial charge is 0.0421 e. The van der Waals surface area contributed by atoms with E-state index < -0.39 is 0 Å². The van der Waals surface area contributed by atoms with Crippen LogP contribution in [0.15, 0.2) is 0 Å². The van der Waals surface area contributed by atoms with E-state index in [1.807, 2.05) is 11.8 Å². The van der Waals surface area contributed by atoms with Crippen LogP contribution in [0.1, 0.15) is 6.42 Å². The van der Waals surface area contributed by atoms with Crippen molar-refractivity contribution in [2.75, 3.05) is 12.4 Å². The van der Waals surface area contributed by atoms with Crippen molar-refractivity contribution in [1.82, 2.24) is 5.32 Å². The molecule has 0 unspecified atom stereocenters. The molecular formula is C4H8NS. The Morgan fingerprint density at radius 1 is 1.67 bits per heavy atom. The Hall–Kier alpha value is 0.310. The molecule has 0 aromatic heterocycles. The van der Waals surface area contributed by atoms with Gasteiger partial charge in [-0.05, 0) is 13.0 Å². The molecule has 1 saturated heterocycles. The fraction of sp³-hybridized carbons (Fsp3) is 0.750. The minimum atomic E-state index is 1.11. The average molecular weight is 102 g/mol. The molecule has 0 aromatic carbocycles. The molecule has 35 valence electrons. The molecule has 0 atom stereocenters. The normalized spacial score (nSPS) is 24.0. The van der Waals surface area contributed by atoms with Crippen LogP contribution in [-0.2, 0) is 0 Å². The van der Waals surface area contributed by atoms with Gasteiger partial charge in [-0.3, -0.25) is 0 Å². The molecule has 1 heterocycles. The molecule has 6 heavy (non-hydrogen) atoms. The fourth-order valence-electron chi connectivity index (χ4n) is 0.434. The van der Waals surface area contributed by atoms with E-state index in [1.165, 1.54) is 13.0 Å². The lowest BCUT2D eigenvalue weighted by Gasteiger charge is -2.08. The minimum absolute atomic E-state index is 1.11. The molecule has 0 aliphatic carbocycles. The highest BCUT2D eigenvalue weighted by Gasteiger charge is 1.94. The van der Waals surface area contributed by atoms with Gasteiger partial charge in [0, 0.05) is 11.6 Å². The third kappa shape index (κ3) is 1.19. The van der Waals surface area contributed by atoms with Crippen LogP contribution in [0.4, 0.5) is 0 Å². The fourth-order valence-corrected chi connectivity index (χ4v) is 1.10. The largest absolute Gasteiger partial charge is 0.308 e. The quantitative estimate of drug-likeness (QED) is 0.486. The van der Waals surface area contributed by atoms with Gasteiger partial charge in [0.2, 0.25) is 0 Å². The third-order valence-corrected chi connectivity index (χ3v) is 1.58. The highest BCUT2D eigenvalue weighted by molar-refractivity contribution is 8.01. The van der Waals surface area contributed by atoms with E-state index in [-0.39, 0.29) is 0 Å². The summed E-state index contributed by atoms with van der Waals surface area (Å²) >= 11 is 1.86. The van der Waals surface area contributed by atoms with Crippen LogP contribution in [0.5, 0.6) is 0 Å². The Kier molecular flexibility index (Phi) is 1.85. The molecule has 1 radical (unpaired) electrons. The summed E-state index contributed by atoms with van der Waals surface area (Å²) in [7, 11) is 0.